The third kappa shape index (κ3) is 2.77. The molecular formula is C14H17N3O. The van der Waals surface area contributed by atoms with Crippen LogP contribution in [0.2, 0.25) is 0 Å². The lowest BCUT2D eigenvalue weighted by atomic mass is 10.2. The molecule has 0 aliphatic carbocycles. The number of hydrogen-bond donors (Lipinski definition) is 0. The maximum Gasteiger partial charge on any atom is 0.224 e. The van der Waals surface area contributed by atoms with Crippen LogP contribution in [0.5, 0.6) is 11.6 Å². The molecule has 1 aromatic heterocycles. The van der Waals surface area contributed by atoms with E-state index in [1.165, 1.54) is 6.33 Å². The maximum absolute atomic E-state index is 5.77. The van der Waals surface area contributed by atoms with Crippen molar-refractivity contribution in [2.24, 2.45) is 0 Å². The molecule has 0 N–H and O–H groups in total. The minimum absolute atomic E-state index is 0.564. The zero-order chi connectivity index (χ0) is 13.0. The van der Waals surface area contributed by atoms with Gasteiger partial charge >= 0.3 is 0 Å². The predicted molar refractivity (Wildman–Crippen MR) is 72.2 cm³/mol. The van der Waals surface area contributed by atoms with E-state index in [-0.39, 0.29) is 0 Å². The first-order chi connectivity index (χ1) is 8.70. The summed E-state index contributed by atoms with van der Waals surface area (Å²) in [5, 5.41) is 0. The smallest absolute Gasteiger partial charge is 0.224 e. The molecule has 94 valence electrons. The molecule has 2 rings (SSSR count). The van der Waals surface area contributed by atoms with E-state index in [1.807, 2.05) is 49.2 Å². The molecule has 0 unspecified atom stereocenters. The van der Waals surface area contributed by atoms with Gasteiger partial charge in [-0.2, -0.15) is 0 Å². The molecule has 0 fully saturated rings. The first-order valence-corrected chi connectivity index (χ1v) is 5.97. The Morgan fingerprint density at radius 1 is 1.22 bits per heavy atom. The topological polar surface area (TPSA) is 38.2 Å². The summed E-state index contributed by atoms with van der Waals surface area (Å²) >= 11 is 0. The van der Waals surface area contributed by atoms with Gasteiger partial charge in [0.1, 0.15) is 17.9 Å². The lowest BCUT2D eigenvalue weighted by Crippen LogP contribution is -2.17. The maximum atomic E-state index is 5.77. The SMILES string of the molecule is CCN(C)c1cc(Oc2ccccc2C)ncn1. The van der Waals surface area contributed by atoms with E-state index in [0.717, 1.165) is 23.7 Å². The van der Waals surface area contributed by atoms with Crippen LogP contribution in [0.4, 0.5) is 5.82 Å². The van der Waals surface area contributed by atoms with Gasteiger partial charge in [-0.3, -0.25) is 0 Å². The number of nitrogens with zero attached hydrogens (tertiary/aromatic N) is 3. The molecule has 1 aromatic carbocycles. The minimum atomic E-state index is 0.564. The van der Waals surface area contributed by atoms with Crippen molar-refractivity contribution in [1.29, 1.82) is 0 Å². The molecule has 0 spiro atoms. The van der Waals surface area contributed by atoms with E-state index in [0.29, 0.717) is 5.88 Å². The van der Waals surface area contributed by atoms with E-state index in [1.54, 1.807) is 0 Å². The molecule has 18 heavy (non-hydrogen) atoms. The van der Waals surface area contributed by atoms with Gasteiger partial charge in [-0.25, -0.2) is 9.97 Å². The van der Waals surface area contributed by atoms with E-state index < -0.39 is 0 Å². The highest BCUT2D eigenvalue weighted by atomic mass is 16.5. The Labute approximate surface area is 107 Å². The Morgan fingerprint density at radius 2 is 2.00 bits per heavy atom. The van der Waals surface area contributed by atoms with Crippen molar-refractivity contribution in [1.82, 2.24) is 9.97 Å². The van der Waals surface area contributed by atoms with Gasteiger partial charge in [0.2, 0.25) is 5.88 Å². The largest absolute Gasteiger partial charge is 0.439 e. The summed E-state index contributed by atoms with van der Waals surface area (Å²) in [5.41, 5.74) is 1.08. The predicted octanol–water partition coefficient (Wildman–Crippen LogP) is 3.03. The number of benzene rings is 1. The lowest BCUT2D eigenvalue weighted by molar-refractivity contribution is 0.458. The third-order valence-corrected chi connectivity index (χ3v) is 2.80. The average molecular weight is 243 g/mol. The second-order valence-corrected chi connectivity index (χ2v) is 4.10. The highest BCUT2D eigenvalue weighted by molar-refractivity contribution is 5.42. The standard InChI is InChI=1S/C14H17N3O/c1-4-17(3)13-9-14(16-10-15-13)18-12-8-6-5-7-11(12)2/h5-10H,4H2,1-3H3. The normalized spacial score (nSPS) is 10.2. The van der Waals surface area contributed by atoms with Crippen LogP contribution in [0.3, 0.4) is 0 Å². The van der Waals surface area contributed by atoms with Crippen LogP contribution in [0.25, 0.3) is 0 Å². The first kappa shape index (κ1) is 12.4. The molecule has 4 nitrogen and oxygen atoms in total. The monoisotopic (exact) mass is 243 g/mol. The lowest BCUT2D eigenvalue weighted by Gasteiger charge is -2.15. The van der Waals surface area contributed by atoms with Crippen molar-refractivity contribution >= 4 is 5.82 Å². The van der Waals surface area contributed by atoms with Crippen LogP contribution < -0.4 is 9.64 Å². The van der Waals surface area contributed by atoms with Crippen LogP contribution in [0, 0.1) is 6.92 Å². The molecule has 0 bridgehead atoms. The van der Waals surface area contributed by atoms with Crippen molar-refractivity contribution in [2.75, 3.05) is 18.5 Å². The van der Waals surface area contributed by atoms with Gasteiger partial charge in [0, 0.05) is 19.7 Å². The van der Waals surface area contributed by atoms with Crippen molar-refractivity contribution in [3.8, 4) is 11.6 Å². The number of anilines is 1. The summed E-state index contributed by atoms with van der Waals surface area (Å²) in [7, 11) is 1.99. The zero-order valence-electron chi connectivity index (χ0n) is 10.9. The van der Waals surface area contributed by atoms with Crippen molar-refractivity contribution in [2.45, 2.75) is 13.8 Å². The second-order valence-electron chi connectivity index (χ2n) is 4.10. The molecule has 0 radical (unpaired) electrons. The summed E-state index contributed by atoms with van der Waals surface area (Å²) in [6.07, 6.45) is 1.52. The van der Waals surface area contributed by atoms with Crippen LogP contribution in [-0.4, -0.2) is 23.6 Å². The Hall–Kier alpha value is -2.10. The molecule has 1 heterocycles. The second kappa shape index (κ2) is 5.49. The molecule has 0 saturated heterocycles. The first-order valence-electron chi connectivity index (χ1n) is 5.97. The number of rotatable bonds is 4. The fourth-order valence-electron chi connectivity index (χ4n) is 1.54. The number of aromatic nitrogens is 2. The van der Waals surface area contributed by atoms with Crippen molar-refractivity contribution in [3.05, 3.63) is 42.2 Å². The Morgan fingerprint density at radius 3 is 2.72 bits per heavy atom. The molecule has 0 amide bonds. The van der Waals surface area contributed by atoms with Crippen LogP contribution in [0.15, 0.2) is 36.7 Å². The molecule has 0 saturated carbocycles. The van der Waals surface area contributed by atoms with Gasteiger partial charge in [0.15, 0.2) is 0 Å². The van der Waals surface area contributed by atoms with Gasteiger partial charge in [0.25, 0.3) is 0 Å². The van der Waals surface area contributed by atoms with E-state index >= 15 is 0 Å². The van der Waals surface area contributed by atoms with Gasteiger partial charge < -0.3 is 9.64 Å². The summed E-state index contributed by atoms with van der Waals surface area (Å²) in [4.78, 5) is 10.4. The Kier molecular flexibility index (Phi) is 3.77. The number of hydrogen-bond acceptors (Lipinski definition) is 4. The highest BCUT2D eigenvalue weighted by Gasteiger charge is 2.05. The molecule has 0 aliphatic rings. The van der Waals surface area contributed by atoms with Gasteiger partial charge in [-0.05, 0) is 25.5 Å². The van der Waals surface area contributed by atoms with E-state index in [9.17, 15) is 0 Å². The zero-order valence-corrected chi connectivity index (χ0v) is 10.9. The molecular weight excluding hydrogens is 226 g/mol. The summed E-state index contributed by atoms with van der Waals surface area (Å²) in [6, 6.07) is 9.72. The van der Waals surface area contributed by atoms with Crippen LogP contribution >= 0.6 is 0 Å². The van der Waals surface area contributed by atoms with Gasteiger partial charge in [0.05, 0.1) is 0 Å². The summed E-state index contributed by atoms with van der Waals surface area (Å²) < 4.78 is 5.77. The van der Waals surface area contributed by atoms with Gasteiger partial charge in [-0.15, -0.1) is 0 Å². The average Bonchev–Trinajstić information content (AvgIpc) is 2.41. The molecule has 4 heteroatoms. The number of para-hydroxylation sites is 1. The fourth-order valence-corrected chi connectivity index (χ4v) is 1.54. The fraction of sp³-hybridized carbons (Fsp3) is 0.286. The number of ether oxygens (including phenoxy) is 1. The quantitative estimate of drug-likeness (QED) is 0.827. The molecule has 0 aliphatic heterocycles. The molecule has 0 atom stereocenters. The van der Waals surface area contributed by atoms with E-state index in [4.69, 9.17) is 4.74 Å². The van der Waals surface area contributed by atoms with Crippen molar-refractivity contribution in [3.63, 3.8) is 0 Å². The highest BCUT2D eigenvalue weighted by Crippen LogP contribution is 2.24. The number of aryl methyl sites for hydroxylation is 1. The van der Waals surface area contributed by atoms with Crippen LogP contribution in [0.1, 0.15) is 12.5 Å². The van der Waals surface area contributed by atoms with Crippen LogP contribution in [-0.2, 0) is 0 Å². The van der Waals surface area contributed by atoms with E-state index in [2.05, 4.69) is 16.9 Å². The van der Waals surface area contributed by atoms with Crippen molar-refractivity contribution < 1.29 is 4.74 Å². The summed E-state index contributed by atoms with van der Waals surface area (Å²) in [5.74, 6) is 2.24. The third-order valence-electron chi connectivity index (χ3n) is 2.80. The Bertz CT molecular complexity index is 528. The summed E-state index contributed by atoms with van der Waals surface area (Å²) in [6.45, 7) is 4.97. The Balaban J connectivity index is 2.22. The van der Waals surface area contributed by atoms with Gasteiger partial charge in [-0.1, -0.05) is 18.2 Å². The minimum Gasteiger partial charge on any atom is -0.439 e. The molecule has 2 aromatic rings.